The maximum atomic E-state index is 13.3. The number of nitrogens with one attached hydrogen (secondary N) is 1. The number of anilines is 1. The summed E-state index contributed by atoms with van der Waals surface area (Å²) in [6.07, 6.45) is 0. The zero-order valence-corrected chi connectivity index (χ0v) is 17.0. The van der Waals surface area contributed by atoms with Crippen LogP contribution in [0.4, 0.5) is 10.1 Å². The van der Waals surface area contributed by atoms with Crippen LogP contribution in [0.2, 0.25) is 0 Å². The number of ether oxygens (including phenoxy) is 1. The SMILES string of the molecule is COCn1nc(C)c(NC(=O)c2cc(C)nc3onc(-c4ccc(F)cc4)c23)c1C. The first-order valence-electron chi connectivity index (χ1n) is 9.26. The van der Waals surface area contributed by atoms with Crippen LogP contribution in [0.5, 0.6) is 0 Å². The first kappa shape index (κ1) is 19.7. The smallest absolute Gasteiger partial charge is 0.259 e. The van der Waals surface area contributed by atoms with Crippen LogP contribution in [0.25, 0.3) is 22.4 Å². The van der Waals surface area contributed by atoms with Gasteiger partial charge in [-0.15, -0.1) is 0 Å². The minimum Gasteiger partial charge on any atom is -0.362 e. The van der Waals surface area contributed by atoms with Crippen molar-refractivity contribution in [2.24, 2.45) is 0 Å². The lowest BCUT2D eigenvalue weighted by Gasteiger charge is -2.08. The molecule has 0 aliphatic heterocycles. The summed E-state index contributed by atoms with van der Waals surface area (Å²) in [5.74, 6) is -0.710. The van der Waals surface area contributed by atoms with Crippen LogP contribution < -0.4 is 5.32 Å². The Morgan fingerprint density at radius 2 is 1.97 bits per heavy atom. The van der Waals surface area contributed by atoms with Crippen LogP contribution >= 0.6 is 0 Å². The molecule has 1 N–H and O–H groups in total. The summed E-state index contributed by atoms with van der Waals surface area (Å²) in [6, 6.07) is 7.49. The number of aryl methyl sites for hydroxylation is 2. The molecular weight excluding hydrogens is 389 g/mol. The van der Waals surface area contributed by atoms with Crippen molar-refractivity contribution < 1.29 is 18.4 Å². The third kappa shape index (κ3) is 3.43. The van der Waals surface area contributed by atoms with Gasteiger partial charge in [-0.05, 0) is 51.1 Å². The van der Waals surface area contributed by atoms with Gasteiger partial charge in [-0.1, -0.05) is 5.16 Å². The molecule has 0 radical (unpaired) electrons. The van der Waals surface area contributed by atoms with Crippen molar-refractivity contribution in [2.45, 2.75) is 27.5 Å². The van der Waals surface area contributed by atoms with Crippen LogP contribution in [0.1, 0.15) is 27.4 Å². The Morgan fingerprint density at radius 1 is 1.23 bits per heavy atom. The molecule has 8 nitrogen and oxygen atoms in total. The Bertz CT molecular complexity index is 1240. The average molecular weight is 409 g/mol. The Balaban J connectivity index is 1.79. The van der Waals surface area contributed by atoms with E-state index in [1.165, 1.54) is 12.1 Å². The number of carbonyl (C=O) groups excluding carboxylic acids is 1. The summed E-state index contributed by atoms with van der Waals surface area (Å²) in [6.45, 7) is 5.71. The van der Waals surface area contributed by atoms with Crippen LogP contribution in [-0.4, -0.2) is 32.9 Å². The molecule has 0 aliphatic carbocycles. The van der Waals surface area contributed by atoms with E-state index in [1.54, 1.807) is 36.9 Å². The number of nitrogens with zero attached hydrogens (tertiary/aromatic N) is 4. The van der Waals surface area contributed by atoms with Crippen molar-refractivity contribution in [3.05, 3.63) is 58.8 Å². The monoisotopic (exact) mass is 409 g/mol. The molecule has 0 aliphatic rings. The standard InChI is InChI=1S/C21H20FN5O3/c1-11-9-16(20(28)24-18-12(2)25-27(10-29-4)13(18)3)17-19(26-30-21(17)23-11)14-5-7-15(22)8-6-14/h5-9H,10H2,1-4H3,(H,24,28). The molecular formula is C21H20FN5O3. The fourth-order valence-corrected chi connectivity index (χ4v) is 3.36. The Kier molecular flexibility index (Phi) is 5.04. The number of hydrogen-bond acceptors (Lipinski definition) is 6. The summed E-state index contributed by atoms with van der Waals surface area (Å²) in [5.41, 5.74) is 4.30. The van der Waals surface area contributed by atoms with Crippen molar-refractivity contribution in [3.8, 4) is 11.3 Å². The fourth-order valence-electron chi connectivity index (χ4n) is 3.36. The normalized spacial score (nSPS) is 11.2. The van der Waals surface area contributed by atoms with E-state index >= 15 is 0 Å². The minimum absolute atomic E-state index is 0.239. The fraction of sp³-hybridized carbons (Fsp3) is 0.238. The zero-order chi connectivity index (χ0) is 21.4. The number of hydrogen-bond donors (Lipinski definition) is 1. The van der Waals surface area contributed by atoms with Crippen molar-refractivity contribution in [1.82, 2.24) is 19.9 Å². The molecule has 154 valence electrons. The lowest BCUT2D eigenvalue weighted by Crippen LogP contribution is -2.14. The molecule has 0 unspecified atom stereocenters. The van der Waals surface area contributed by atoms with Crippen molar-refractivity contribution in [2.75, 3.05) is 12.4 Å². The van der Waals surface area contributed by atoms with Gasteiger partial charge in [-0.25, -0.2) is 14.1 Å². The zero-order valence-electron chi connectivity index (χ0n) is 17.0. The summed E-state index contributed by atoms with van der Waals surface area (Å²) in [7, 11) is 1.58. The third-order valence-corrected chi connectivity index (χ3v) is 4.81. The average Bonchev–Trinajstić information content (AvgIpc) is 3.24. The number of aromatic nitrogens is 4. The number of fused-ring (bicyclic) bond motifs is 1. The Morgan fingerprint density at radius 3 is 2.67 bits per heavy atom. The van der Waals surface area contributed by atoms with E-state index in [2.05, 4.69) is 20.6 Å². The molecule has 3 heterocycles. The van der Waals surface area contributed by atoms with Crippen LogP contribution in [0, 0.1) is 26.6 Å². The third-order valence-electron chi connectivity index (χ3n) is 4.81. The van der Waals surface area contributed by atoms with Gasteiger partial charge in [0, 0.05) is 18.4 Å². The topological polar surface area (TPSA) is 95.1 Å². The maximum Gasteiger partial charge on any atom is 0.259 e. The Labute approximate surface area is 171 Å². The number of methoxy groups -OCH3 is 1. The molecule has 1 amide bonds. The van der Waals surface area contributed by atoms with Crippen LogP contribution in [0.3, 0.4) is 0 Å². The lowest BCUT2D eigenvalue weighted by molar-refractivity contribution is 0.102. The van der Waals surface area contributed by atoms with Gasteiger partial charge in [0.2, 0.25) is 0 Å². The molecule has 3 aromatic heterocycles. The van der Waals surface area contributed by atoms with Gasteiger partial charge < -0.3 is 14.6 Å². The van der Waals surface area contributed by atoms with Gasteiger partial charge in [0.15, 0.2) is 0 Å². The van der Waals surface area contributed by atoms with Crippen LogP contribution in [0.15, 0.2) is 34.9 Å². The molecule has 9 heteroatoms. The molecule has 0 bridgehead atoms. The highest BCUT2D eigenvalue weighted by Gasteiger charge is 2.23. The first-order chi connectivity index (χ1) is 14.4. The van der Waals surface area contributed by atoms with Gasteiger partial charge in [0.1, 0.15) is 18.2 Å². The van der Waals surface area contributed by atoms with Gasteiger partial charge in [0.05, 0.1) is 28.0 Å². The van der Waals surface area contributed by atoms with E-state index in [0.717, 1.165) is 5.69 Å². The molecule has 4 rings (SSSR count). The summed E-state index contributed by atoms with van der Waals surface area (Å²) in [4.78, 5) is 17.6. The molecule has 0 atom stereocenters. The molecule has 4 aromatic rings. The van der Waals surface area contributed by atoms with E-state index in [-0.39, 0.29) is 24.2 Å². The highest BCUT2D eigenvalue weighted by molar-refractivity contribution is 6.15. The lowest BCUT2D eigenvalue weighted by atomic mass is 10.0. The van der Waals surface area contributed by atoms with Crippen LogP contribution in [-0.2, 0) is 11.5 Å². The first-order valence-corrected chi connectivity index (χ1v) is 9.26. The largest absolute Gasteiger partial charge is 0.362 e. The number of pyridine rings is 1. The minimum atomic E-state index is -0.363. The van der Waals surface area contributed by atoms with Gasteiger partial charge >= 0.3 is 0 Å². The van der Waals surface area contributed by atoms with E-state index in [9.17, 15) is 9.18 Å². The van der Waals surface area contributed by atoms with Gasteiger partial charge in [-0.2, -0.15) is 5.10 Å². The molecule has 0 fully saturated rings. The molecule has 0 saturated carbocycles. The maximum absolute atomic E-state index is 13.3. The molecule has 0 spiro atoms. The van der Waals surface area contributed by atoms with E-state index in [0.29, 0.717) is 39.3 Å². The molecule has 1 aromatic carbocycles. The number of amides is 1. The van der Waals surface area contributed by atoms with Gasteiger partial charge in [-0.3, -0.25) is 4.79 Å². The Hall–Kier alpha value is -3.59. The summed E-state index contributed by atoms with van der Waals surface area (Å²) >= 11 is 0. The predicted molar refractivity (Wildman–Crippen MR) is 109 cm³/mol. The molecule has 30 heavy (non-hydrogen) atoms. The highest BCUT2D eigenvalue weighted by Crippen LogP contribution is 2.31. The van der Waals surface area contributed by atoms with E-state index in [4.69, 9.17) is 9.26 Å². The molecule has 0 saturated heterocycles. The number of rotatable bonds is 5. The number of halogens is 1. The van der Waals surface area contributed by atoms with Gasteiger partial charge in [0.25, 0.3) is 11.6 Å². The number of benzene rings is 1. The second kappa shape index (κ2) is 7.68. The van der Waals surface area contributed by atoms with E-state index in [1.807, 2.05) is 13.8 Å². The van der Waals surface area contributed by atoms with E-state index < -0.39 is 0 Å². The number of carbonyl (C=O) groups is 1. The van der Waals surface area contributed by atoms with Crippen molar-refractivity contribution >= 4 is 22.7 Å². The highest BCUT2D eigenvalue weighted by atomic mass is 19.1. The summed E-state index contributed by atoms with van der Waals surface area (Å²) < 4.78 is 25.5. The van der Waals surface area contributed by atoms with Crippen molar-refractivity contribution in [3.63, 3.8) is 0 Å². The predicted octanol–water partition coefficient (Wildman–Crippen LogP) is 4.01. The second-order valence-corrected chi connectivity index (χ2v) is 6.95. The second-order valence-electron chi connectivity index (χ2n) is 6.95. The quantitative estimate of drug-likeness (QED) is 0.535. The van der Waals surface area contributed by atoms with Crippen molar-refractivity contribution in [1.29, 1.82) is 0 Å². The summed E-state index contributed by atoms with van der Waals surface area (Å²) in [5, 5.41) is 11.9.